The highest BCUT2D eigenvalue weighted by Gasteiger charge is 2.27. The molecular formula is C22H27FN2O4. The molecule has 1 aliphatic rings. The van der Waals surface area contributed by atoms with Crippen molar-refractivity contribution in [3.63, 3.8) is 0 Å². The van der Waals surface area contributed by atoms with Gasteiger partial charge in [-0.1, -0.05) is 12.1 Å². The van der Waals surface area contributed by atoms with Crippen molar-refractivity contribution < 1.29 is 23.5 Å². The van der Waals surface area contributed by atoms with E-state index in [9.17, 15) is 14.0 Å². The van der Waals surface area contributed by atoms with Gasteiger partial charge in [-0.2, -0.15) is 0 Å². The summed E-state index contributed by atoms with van der Waals surface area (Å²) in [4.78, 5) is 30.0. The Labute approximate surface area is 170 Å². The van der Waals surface area contributed by atoms with Gasteiger partial charge in [0, 0.05) is 25.4 Å². The van der Waals surface area contributed by atoms with E-state index in [1.807, 2.05) is 13.8 Å². The van der Waals surface area contributed by atoms with Crippen LogP contribution in [0.3, 0.4) is 0 Å². The number of nitrogens with zero attached hydrogens (tertiary/aromatic N) is 1. The molecule has 0 unspecified atom stereocenters. The number of halogens is 1. The molecule has 3 rings (SSSR count). The van der Waals surface area contributed by atoms with E-state index in [2.05, 4.69) is 4.98 Å². The average Bonchev–Trinajstić information content (AvgIpc) is 3.30. The summed E-state index contributed by atoms with van der Waals surface area (Å²) in [7, 11) is 0. The molecule has 2 aromatic rings. The molecule has 1 saturated heterocycles. The maximum atomic E-state index is 14.3. The van der Waals surface area contributed by atoms with Gasteiger partial charge >= 0.3 is 5.97 Å². The van der Waals surface area contributed by atoms with Crippen LogP contribution in [0.15, 0.2) is 24.3 Å². The molecule has 0 saturated carbocycles. The Balaban J connectivity index is 1.90. The number of rotatable bonds is 7. The lowest BCUT2D eigenvalue weighted by Crippen LogP contribution is -2.37. The number of ether oxygens (including phenoxy) is 2. The summed E-state index contributed by atoms with van der Waals surface area (Å²) < 4.78 is 25.1. The predicted molar refractivity (Wildman–Crippen MR) is 106 cm³/mol. The van der Waals surface area contributed by atoms with Crippen LogP contribution < -0.4 is 0 Å². The minimum atomic E-state index is -0.551. The Hall–Kier alpha value is -2.67. The summed E-state index contributed by atoms with van der Waals surface area (Å²) in [6.07, 6.45) is 1.73. The smallest absolute Gasteiger partial charge is 0.355 e. The molecule has 1 amide bonds. The number of esters is 1. The quantitative estimate of drug-likeness (QED) is 0.716. The van der Waals surface area contributed by atoms with Crippen molar-refractivity contribution in [2.75, 3.05) is 19.8 Å². The zero-order chi connectivity index (χ0) is 21.0. The van der Waals surface area contributed by atoms with Crippen molar-refractivity contribution in [3.8, 4) is 0 Å². The number of carbonyl (C=O) groups excluding carboxylic acids is 2. The average molecular weight is 402 g/mol. The van der Waals surface area contributed by atoms with E-state index in [-0.39, 0.29) is 24.8 Å². The van der Waals surface area contributed by atoms with E-state index in [0.29, 0.717) is 18.8 Å². The molecule has 156 valence electrons. The SMILES string of the molecule is CCOC(=O)c1[nH]c(C)c(CN(C[C@@H]2CCCO2)C(=O)c2ccccc2F)c1C. The normalized spacial score (nSPS) is 16.1. The van der Waals surface area contributed by atoms with Crippen molar-refractivity contribution in [1.29, 1.82) is 0 Å². The van der Waals surface area contributed by atoms with Crippen LogP contribution in [0, 0.1) is 19.7 Å². The Morgan fingerprint density at radius 1 is 1.31 bits per heavy atom. The van der Waals surface area contributed by atoms with Crippen LogP contribution in [0.2, 0.25) is 0 Å². The van der Waals surface area contributed by atoms with Crippen LogP contribution in [-0.4, -0.2) is 47.6 Å². The number of hydrogen-bond donors (Lipinski definition) is 1. The standard InChI is InChI=1S/C22H27FN2O4/c1-4-28-22(27)20-14(2)18(15(3)24-20)13-25(12-16-8-7-11-29-16)21(26)17-9-5-6-10-19(17)23/h5-6,9-10,16,24H,4,7-8,11-13H2,1-3H3/t16-/m0/s1. The summed E-state index contributed by atoms with van der Waals surface area (Å²) in [5.74, 6) is -1.37. The van der Waals surface area contributed by atoms with Crippen molar-refractivity contribution in [1.82, 2.24) is 9.88 Å². The minimum Gasteiger partial charge on any atom is -0.461 e. The number of carbonyl (C=O) groups is 2. The van der Waals surface area contributed by atoms with Crippen molar-refractivity contribution in [2.45, 2.75) is 46.3 Å². The predicted octanol–water partition coefficient (Wildman–Crippen LogP) is 3.77. The number of aryl methyl sites for hydroxylation is 1. The van der Waals surface area contributed by atoms with Gasteiger partial charge in [0.2, 0.25) is 0 Å². The number of aromatic nitrogens is 1. The fourth-order valence-electron chi connectivity index (χ4n) is 3.68. The summed E-state index contributed by atoms with van der Waals surface area (Å²) >= 11 is 0. The Morgan fingerprint density at radius 2 is 2.07 bits per heavy atom. The van der Waals surface area contributed by atoms with Gasteiger partial charge in [0.1, 0.15) is 11.5 Å². The molecule has 29 heavy (non-hydrogen) atoms. The Kier molecular flexibility index (Phi) is 6.69. The van der Waals surface area contributed by atoms with Gasteiger partial charge in [0.05, 0.1) is 18.3 Å². The zero-order valence-corrected chi connectivity index (χ0v) is 17.1. The number of benzene rings is 1. The van der Waals surface area contributed by atoms with Gasteiger partial charge < -0.3 is 19.4 Å². The number of amides is 1. The lowest BCUT2D eigenvalue weighted by atomic mass is 10.1. The van der Waals surface area contributed by atoms with Gasteiger partial charge in [0.15, 0.2) is 0 Å². The van der Waals surface area contributed by atoms with Crippen LogP contribution in [0.25, 0.3) is 0 Å². The molecule has 2 heterocycles. The highest BCUT2D eigenvalue weighted by molar-refractivity contribution is 5.94. The molecule has 0 bridgehead atoms. The topological polar surface area (TPSA) is 71.6 Å². The second-order valence-electron chi connectivity index (χ2n) is 7.25. The van der Waals surface area contributed by atoms with Crippen LogP contribution in [0.1, 0.15) is 57.4 Å². The molecule has 1 aromatic heterocycles. The lowest BCUT2D eigenvalue weighted by molar-refractivity contribution is 0.0503. The Bertz CT molecular complexity index is 887. The van der Waals surface area contributed by atoms with Gasteiger partial charge in [-0.05, 0) is 56.9 Å². The van der Waals surface area contributed by atoms with E-state index >= 15 is 0 Å². The maximum Gasteiger partial charge on any atom is 0.355 e. The van der Waals surface area contributed by atoms with Gasteiger partial charge in [-0.3, -0.25) is 4.79 Å². The van der Waals surface area contributed by atoms with Crippen molar-refractivity contribution >= 4 is 11.9 Å². The molecule has 1 N–H and O–H groups in total. The first-order valence-electron chi connectivity index (χ1n) is 9.92. The van der Waals surface area contributed by atoms with Crippen molar-refractivity contribution in [2.24, 2.45) is 0 Å². The molecule has 1 atom stereocenters. The fraction of sp³-hybridized carbons (Fsp3) is 0.455. The first kappa shape index (κ1) is 21.0. The third-order valence-electron chi connectivity index (χ3n) is 5.26. The monoisotopic (exact) mass is 402 g/mol. The minimum absolute atomic E-state index is 0.0296. The number of nitrogens with one attached hydrogen (secondary N) is 1. The van der Waals surface area contributed by atoms with Gasteiger partial charge in [-0.15, -0.1) is 0 Å². The first-order chi connectivity index (χ1) is 13.9. The molecular weight excluding hydrogens is 375 g/mol. The number of H-pyrrole nitrogens is 1. The van der Waals surface area contributed by atoms with E-state index < -0.39 is 17.7 Å². The first-order valence-corrected chi connectivity index (χ1v) is 9.92. The molecule has 1 fully saturated rings. The highest BCUT2D eigenvalue weighted by Crippen LogP contribution is 2.24. The molecule has 0 spiro atoms. The molecule has 6 nitrogen and oxygen atoms in total. The van der Waals surface area contributed by atoms with E-state index in [0.717, 1.165) is 29.7 Å². The van der Waals surface area contributed by atoms with Crippen molar-refractivity contribution in [3.05, 3.63) is 58.2 Å². The van der Waals surface area contributed by atoms with Crippen LogP contribution in [-0.2, 0) is 16.0 Å². The van der Waals surface area contributed by atoms with Crippen LogP contribution in [0.4, 0.5) is 4.39 Å². The third-order valence-corrected chi connectivity index (χ3v) is 5.26. The molecule has 1 aromatic carbocycles. The Morgan fingerprint density at radius 3 is 2.72 bits per heavy atom. The molecule has 0 radical (unpaired) electrons. The zero-order valence-electron chi connectivity index (χ0n) is 17.1. The molecule has 7 heteroatoms. The summed E-state index contributed by atoms with van der Waals surface area (Å²) in [6.45, 7) is 6.99. The molecule has 0 aliphatic carbocycles. The fourth-order valence-corrected chi connectivity index (χ4v) is 3.68. The second kappa shape index (κ2) is 9.22. The lowest BCUT2D eigenvalue weighted by Gasteiger charge is -2.26. The van der Waals surface area contributed by atoms with Gasteiger partial charge in [-0.25, -0.2) is 9.18 Å². The summed E-state index contributed by atoms with van der Waals surface area (Å²) in [5, 5.41) is 0. The summed E-state index contributed by atoms with van der Waals surface area (Å²) in [5.41, 5.74) is 2.76. The van der Waals surface area contributed by atoms with Crippen LogP contribution in [0.5, 0.6) is 0 Å². The van der Waals surface area contributed by atoms with Crippen LogP contribution >= 0.6 is 0 Å². The second-order valence-corrected chi connectivity index (χ2v) is 7.25. The highest BCUT2D eigenvalue weighted by atomic mass is 19.1. The van der Waals surface area contributed by atoms with E-state index in [1.165, 1.54) is 12.1 Å². The third kappa shape index (κ3) is 4.67. The summed E-state index contributed by atoms with van der Waals surface area (Å²) in [6, 6.07) is 5.97. The molecule has 1 aliphatic heterocycles. The largest absolute Gasteiger partial charge is 0.461 e. The maximum absolute atomic E-state index is 14.3. The van der Waals surface area contributed by atoms with Gasteiger partial charge in [0.25, 0.3) is 5.91 Å². The number of hydrogen-bond acceptors (Lipinski definition) is 4. The van der Waals surface area contributed by atoms with E-state index in [4.69, 9.17) is 9.47 Å². The van der Waals surface area contributed by atoms with E-state index in [1.54, 1.807) is 24.0 Å². The number of aromatic amines is 1.